The van der Waals surface area contributed by atoms with Crippen LogP contribution < -0.4 is 0 Å². The Balaban J connectivity index is 1.58. The molecule has 1 aromatic heterocycles. The number of aromatic nitrogens is 4. The third-order valence-electron chi connectivity index (χ3n) is 4.71. The standard InChI is InChI=1S/C19H21N5O/c1-15(23-11-13-25-14-12-23)16-7-9-17(10-8-16)19-20-21-22-24(19)18-5-3-2-4-6-18/h2-10,15H,11-14H2,1H3. The predicted molar refractivity (Wildman–Crippen MR) is 95.4 cm³/mol. The van der Waals surface area contributed by atoms with Crippen LogP contribution >= 0.6 is 0 Å². The lowest BCUT2D eigenvalue weighted by molar-refractivity contribution is 0.0198. The highest BCUT2D eigenvalue weighted by atomic mass is 16.5. The molecule has 0 radical (unpaired) electrons. The van der Waals surface area contributed by atoms with E-state index in [9.17, 15) is 0 Å². The van der Waals surface area contributed by atoms with E-state index in [-0.39, 0.29) is 0 Å². The maximum Gasteiger partial charge on any atom is 0.187 e. The Kier molecular flexibility index (Phi) is 4.54. The average Bonchev–Trinajstić information content (AvgIpc) is 3.19. The summed E-state index contributed by atoms with van der Waals surface area (Å²) < 4.78 is 7.21. The van der Waals surface area contributed by atoms with Gasteiger partial charge in [0.15, 0.2) is 5.82 Å². The number of nitrogens with zero attached hydrogens (tertiary/aromatic N) is 5. The molecular weight excluding hydrogens is 314 g/mol. The highest BCUT2D eigenvalue weighted by Crippen LogP contribution is 2.25. The molecule has 128 valence electrons. The number of tetrazole rings is 1. The molecule has 2 aromatic carbocycles. The molecule has 1 fully saturated rings. The van der Waals surface area contributed by atoms with Crippen LogP contribution in [0.2, 0.25) is 0 Å². The van der Waals surface area contributed by atoms with Crippen LogP contribution in [-0.4, -0.2) is 51.4 Å². The molecule has 0 aliphatic carbocycles. The Morgan fingerprint density at radius 1 is 0.960 bits per heavy atom. The van der Waals surface area contributed by atoms with Gasteiger partial charge < -0.3 is 4.74 Å². The monoisotopic (exact) mass is 335 g/mol. The molecule has 0 N–H and O–H groups in total. The molecule has 1 aliphatic rings. The summed E-state index contributed by atoms with van der Waals surface area (Å²) in [6, 6.07) is 18.8. The Labute approximate surface area is 147 Å². The summed E-state index contributed by atoms with van der Waals surface area (Å²) in [4.78, 5) is 2.45. The quantitative estimate of drug-likeness (QED) is 0.734. The van der Waals surface area contributed by atoms with Gasteiger partial charge in [-0.25, -0.2) is 0 Å². The SMILES string of the molecule is CC(c1ccc(-c2nnnn2-c2ccccc2)cc1)N1CCOCC1. The summed E-state index contributed by atoms with van der Waals surface area (Å²) in [7, 11) is 0. The number of ether oxygens (including phenoxy) is 1. The topological polar surface area (TPSA) is 56.1 Å². The van der Waals surface area contributed by atoms with Crippen molar-refractivity contribution >= 4 is 0 Å². The van der Waals surface area contributed by atoms with Crippen molar-refractivity contribution in [2.45, 2.75) is 13.0 Å². The zero-order valence-corrected chi connectivity index (χ0v) is 14.2. The summed E-state index contributed by atoms with van der Waals surface area (Å²) in [5, 5.41) is 12.2. The van der Waals surface area contributed by atoms with E-state index in [2.05, 4.69) is 51.6 Å². The number of hydrogen-bond acceptors (Lipinski definition) is 5. The first-order valence-corrected chi connectivity index (χ1v) is 8.59. The molecule has 6 nitrogen and oxygen atoms in total. The van der Waals surface area contributed by atoms with E-state index in [1.54, 1.807) is 4.68 Å². The molecule has 1 atom stereocenters. The van der Waals surface area contributed by atoms with Gasteiger partial charge in [0.1, 0.15) is 0 Å². The maximum absolute atomic E-state index is 5.44. The molecule has 0 bridgehead atoms. The second kappa shape index (κ2) is 7.13. The van der Waals surface area contributed by atoms with Crippen molar-refractivity contribution in [1.29, 1.82) is 0 Å². The Bertz CT molecular complexity index is 809. The van der Waals surface area contributed by atoms with Gasteiger partial charge in [-0.05, 0) is 35.0 Å². The number of morpholine rings is 1. The Morgan fingerprint density at radius 2 is 1.68 bits per heavy atom. The van der Waals surface area contributed by atoms with Crippen molar-refractivity contribution in [1.82, 2.24) is 25.1 Å². The Hall–Kier alpha value is -2.57. The van der Waals surface area contributed by atoms with E-state index in [0.29, 0.717) is 6.04 Å². The first kappa shape index (κ1) is 15.9. The zero-order valence-electron chi connectivity index (χ0n) is 14.2. The molecule has 1 saturated heterocycles. The minimum absolute atomic E-state index is 0.378. The van der Waals surface area contributed by atoms with E-state index < -0.39 is 0 Å². The van der Waals surface area contributed by atoms with Crippen LogP contribution in [0.3, 0.4) is 0 Å². The minimum Gasteiger partial charge on any atom is -0.379 e. The van der Waals surface area contributed by atoms with E-state index in [4.69, 9.17) is 4.74 Å². The second-order valence-electron chi connectivity index (χ2n) is 6.20. The molecule has 1 aliphatic heterocycles. The van der Waals surface area contributed by atoms with Crippen LogP contribution in [0.5, 0.6) is 0 Å². The van der Waals surface area contributed by atoms with Gasteiger partial charge in [-0.15, -0.1) is 5.10 Å². The van der Waals surface area contributed by atoms with Crippen LogP contribution in [0.4, 0.5) is 0 Å². The van der Waals surface area contributed by atoms with E-state index in [1.807, 2.05) is 30.3 Å². The number of benzene rings is 2. The first-order chi connectivity index (χ1) is 12.3. The molecule has 2 heterocycles. The second-order valence-corrected chi connectivity index (χ2v) is 6.20. The van der Waals surface area contributed by atoms with Crippen LogP contribution in [0.25, 0.3) is 17.1 Å². The zero-order chi connectivity index (χ0) is 17.1. The van der Waals surface area contributed by atoms with E-state index in [0.717, 1.165) is 43.4 Å². The van der Waals surface area contributed by atoms with Gasteiger partial charge in [0, 0.05) is 24.7 Å². The summed E-state index contributed by atoms with van der Waals surface area (Å²) in [6.45, 7) is 5.83. The largest absolute Gasteiger partial charge is 0.379 e. The summed E-state index contributed by atoms with van der Waals surface area (Å²) in [5.74, 6) is 0.747. The fraction of sp³-hybridized carbons (Fsp3) is 0.316. The number of rotatable bonds is 4. The predicted octanol–water partition coefficient (Wildman–Crippen LogP) is 2.72. The normalized spacial score (nSPS) is 16.7. The van der Waals surface area contributed by atoms with Crippen LogP contribution in [0.15, 0.2) is 54.6 Å². The van der Waals surface area contributed by atoms with Gasteiger partial charge in [0.25, 0.3) is 0 Å². The molecule has 6 heteroatoms. The summed E-state index contributed by atoms with van der Waals surface area (Å²) in [5.41, 5.74) is 3.25. The van der Waals surface area contributed by atoms with Gasteiger partial charge >= 0.3 is 0 Å². The Morgan fingerprint density at radius 3 is 2.40 bits per heavy atom. The van der Waals surface area contributed by atoms with Crippen LogP contribution in [-0.2, 0) is 4.74 Å². The van der Waals surface area contributed by atoms with Crippen LogP contribution in [0, 0.1) is 0 Å². The molecule has 0 spiro atoms. The van der Waals surface area contributed by atoms with Crippen molar-refractivity contribution in [2.75, 3.05) is 26.3 Å². The van der Waals surface area contributed by atoms with Crippen molar-refractivity contribution in [3.8, 4) is 17.1 Å². The van der Waals surface area contributed by atoms with E-state index >= 15 is 0 Å². The maximum atomic E-state index is 5.44. The fourth-order valence-electron chi connectivity index (χ4n) is 3.20. The van der Waals surface area contributed by atoms with Crippen molar-refractivity contribution in [3.05, 3.63) is 60.2 Å². The van der Waals surface area contributed by atoms with Gasteiger partial charge in [-0.1, -0.05) is 42.5 Å². The lowest BCUT2D eigenvalue weighted by atomic mass is 10.0. The lowest BCUT2D eigenvalue weighted by Gasteiger charge is -2.32. The highest BCUT2D eigenvalue weighted by Gasteiger charge is 2.19. The molecule has 4 rings (SSSR count). The van der Waals surface area contributed by atoms with Gasteiger partial charge in [-0.2, -0.15) is 4.68 Å². The number of para-hydroxylation sites is 1. The average molecular weight is 335 g/mol. The smallest absolute Gasteiger partial charge is 0.187 e. The molecular formula is C19H21N5O. The number of hydrogen-bond donors (Lipinski definition) is 0. The first-order valence-electron chi connectivity index (χ1n) is 8.59. The summed E-state index contributed by atoms with van der Waals surface area (Å²) >= 11 is 0. The molecule has 3 aromatic rings. The van der Waals surface area contributed by atoms with Crippen molar-refractivity contribution < 1.29 is 4.74 Å². The van der Waals surface area contributed by atoms with E-state index in [1.165, 1.54) is 5.56 Å². The van der Waals surface area contributed by atoms with Gasteiger partial charge in [0.2, 0.25) is 0 Å². The molecule has 0 saturated carbocycles. The van der Waals surface area contributed by atoms with Gasteiger partial charge in [-0.3, -0.25) is 4.90 Å². The van der Waals surface area contributed by atoms with Gasteiger partial charge in [0.05, 0.1) is 18.9 Å². The third kappa shape index (κ3) is 3.31. The third-order valence-corrected chi connectivity index (χ3v) is 4.71. The summed E-state index contributed by atoms with van der Waals surface area (Å²) in [6.07, 6.45) is 0. The highest BCUT2D eigenvalue weighted by molar-refractivity contribution is 5.57. The molecule has 0 amide bonds. The van der Waals surface area contributed by atoms with Crippen molar-refractivity contribution in [3.63, 3.8) is 0 Å². The molecule has 1 unspecified atom stereocenters. The lowest BCUT2D eigenvalue weighted by Crippen LogP contribution is -2.37. The van der Waals surface area contributed by atoms with Crippen LogP contribution in [0.1, 0.15) is 18.5 Å². The fourth-order valence-corrected chi connectivity index (χ4v) is 3.20. The van der Waals surface area contributed by atoms with Crippen molar-refractivity contribution in [2.24, 2.45) is 0 Å². The molecule has 25 heavy (non-hydrogen) atoms. The minimum atomic E-state index is 0.378.